The third-order valence-electron chi connectivity index (χ3n) is 1.64. The molecular formula is C11H20O6. The first-order valence-corrected chi connectivity index (χ1v) is 5.30. The molecule has 0 heterocycles. The maximum Gasteiger partial charge on any atom is 0.417 e. The molecule has 0 amide bonds. The second-order valence-electron chi connectivity index (χ2n) is 5.22. The van der Waals surface area contributed by atoms with Gasteiger partial charge < -0.3 is 9.84 Å². The number of carboxylic acids is 1. The summed E-state index contributed by atoms with van der Waals surface area (Å²) in [5.74, 6) is -2.88. The Morgan fingerprint density at radius 1 is 1.12 bits per heavy atom. The van der Waals surface area contributed by atoms with Crippen LogP contribution in [-0.4, -0.2) is 34.9 Å². The van der Waals surface area contributed by atoms with Crippen LogP contribution in [0.4, 0.5) is 0 Å². The Morgan fingerprint density at radius 2 is 1.65 bits per heavy atom. The molecule has 6 nitrogen and oxygen atoms in total. The molecule has 0 aromatic heterocycles. The lowest BCUT2D eigenvalue weighted by molar-refractivity contribution is -0.351. The molecule has 0 aliphatic rings. The lowest BCUT2D eigenvalue weighted by Gasteiger charge is -2.24. The summed E-state index contributed by atoms with van der Waals surface area (Å²) in [7, 11) is 0. The number of carbonyl (C=O) groups excluding carboxylic acids is 1. The highest BCUT2D eigenvalue weighted by Crippen LogP contribution is 2.16. The summed E-state index contributed by atoms with van der Waals surface area (Å²) < 4.78 is 4.76. The fraction of sp³-hybridized carbons (Fsp3) is 0.818. The topological polar surface area (TPSA) is 82.1 Å². The van der Waals surface area contributed by atoms with Crippen molar-refractivity contribution in [3.8, 4) is 0 Å². The molecule has 0 atom stereocenters. The third kappa shape index (κ3) is 8.65. The molecule has 0 spiro atoms. The van der Waals surface area contributed by atoms with Crippen LogP contribution in [-0.2, 0) is 24.1 Å². The smallest absolute Gasteiger partial charge is 0.417 e. The molecule has 0 bridgehead atoms. The molecule has 0 aliphatic carbocycles. The van der Waals surface area contributed by atoms with Gasteiger partial charge >= 0.3 is 11.9 Å². The zero-order valence-corrected chi connectivity index (χ0v) is 10.9. The van der Waals surface area contributed by atoms with Crippen LogP contribution in [0.15, 0.2) is 0 Å². The van der Waals surface area contributed by atoms with Crippen LogP contribution in [0, 0.1) is 0 Å². The van der Waals surface area contributed by atoms with E-state index in [1.807, 2.05) is 20.8 Å². The molecule has 0 radical (unpaired) electrons. The lowest BCUT2D eigenvalue weighted by atomic mass is 10.1. The normalized spacial score (nSPS) is 12.3. The fourth-order valence-corrected chi connectivity index (χ4v) is 0.852. The van der Waals surface area contributed by atoms with Crippen molar-refractivity contribution in [2.24, 2.45) is 0 Å². The first-order chi connectivity index (χ1) is 7.53. The van der Waals surface area contributed by atoms with E-state index >= 15 is 0 Å². The Hall–Kier alpha value is -1.14. The predicted octanol–water partition coefficient (Wildman–Crippen LogP) is 1.53. The van der Waals surface area contributed by atoms with Crippen LogP contribution in [0.1, 0.15) is 41.0 Å². The second kappa shape index (κ2) is 5.97. The summed E-state index contributed by atoms with van der Waals surface area (Å²) in [5, 5.41) is 8.39. The van der Waals surface area contributed by atoms with Crippen molar-refractivity contribution in [2.75, 3.05) is 6.61 Å². The van der Waals surface area contributed by atoms with E-state index in [9.17, 15) is 9.59 Å². The van der Waals surface area contributed by atoms with Crippen LogP contribution in [0.3, 0.4) is 0 Å². The van der Waals surface area contributed by atoms with Crippen molar-refractivity contribution in [1.29, 1.82) is 0 Å². The van der Waals surface area contributed by atoms with E-state index in [0.29, 0.717) is 6.42 Å². The highest BCUT2D eigenvalue weighted by atomic mass is 17.2. The Labute approximate surface area is 101 Å². The van der Waals surface area contributed by atoms with Gasteiger partial charge in [0.15, 0.2) is 0 Å². The maximum atomic E-state index is 10.9. The molecule has 0 aliphatic heterocycles. The van der Waals surface area contributed by atoms with Gasteiger partial charge in [0.05, 0.1) is 12.2 Å². The fourth-order valence-electron chi connectivity index (χ4n) is 0.852. The van der Waals surface area contributed by atoms with Crippen LogP contribution < -0.4 is 0 Å². The standard InChI is InChI=1S/C11H20O6/c1-10(2,3)17-15-7-6-11(4,5)16-9(14)8(12)13/h6-7H2,1-5H3,(H,12,13). The molecule has 0 saturated heterocycles. The number of esters is 1. The number of hydrogen-bond acceptors (Lipinski definition) is 5. The van der Waals surface area contributed by atoms with Crippen molar-refractivity contribution >= 4 is 11.9 Å². The van der Waals surface area contributed by atoms with E-state index in [2.05, 4.69) is 0 Å². The molecule has 100 valence electrons. The van der Waals surface area contributed by atoms with E-state index in [0.717, 1.165) is 0 Å². The minimum Gasteiger partial charge on any atom is -0.473 e. The van der Waals surface area contributed by atoms with Gasteiger partial charge in [-0.2, -0.15) is 0 Å². The van der Waals surface area contributed by atoms with Crippen molar-refractivity contribution in [3.63, 3.8) is 0 Å². The Balaban J connectivity index is 3.94. The monoisotopic (exact) mass is 248 g/mol. The van der Waals surface area contributed by atoms with Crippen molar-refractivity contribution in [2.45, 2.75) is 52.2 Å². The highest BCUT2D eigenvalue weighted by molar-refractivity contribution is 6.28. The SMILES string of the molecule is CC(C)(C)OOCCC(C)(C)OC(=O)C(=O)O. The van der Waals surface area contributed by atoms with Crippen molar-refractivity contribution < 1.29 is 29.2 Å². The van der Waals surface area contributed by atoms with E-state index in [1.165, 1.54) is 0 Å². The number of carboxylic acid groups (broad SMARTS) is 1. The number of aliphatic carboxylic acids is 1. The van der Waals surface area contributed by atoms with Crippen LogP contribution >= 0.6 is 0 Å². The number of ether oxygens (including phenoxy) is 1. The minimum atomic E-state index is -1.61. The molecule has 0 fully saturated rings. The summed E-state index contributed by atoms with van der Waals surface area (Å²) in [6, 6.07) is 0. The zero-order valence-electron chi connectivity index (χ0n) is 10.9. The third-order valence-corrected chi connectivity index (χ3v) is 1.64. The van der Waals surface area contributed by atoms with Gasteiger partial charge in [-0.15, -0.1) is 0 Å². The highest BCUT2D eigenvalue weighted by Gasteiger charge is 2.26. The first-order valence-electron chi connectivity index (χ1n) is 5.30. The van der Waals surface area contributed by atoms with Crippen molar-refractivity contribution in [1.82, 2.24) is 0 Å². The number of carbonyl (C=O) groups is 2. The van der Waals surface area contributed by atoms with Crippen LogP contribution in [0.5, 0.6) is 0 Å². The van der Waals surface area contributed by atoms with E-state index in [1.54, 1.807) is 13.8 Å². The molecule has 6 heteroatoms. The predicted molar refractivity (Wildman–Crippen MR) is 59.2 cm³/mol. The second-order valence-corrected chi connectivity index (χ2v) is 5.22. The molecule has 1 N–H and O–H groups in total. The summed E-state index contributed by atoms with van der Waals surface area (Å²) >= 11 is 0. The van der Waals surface area contributed by atoms with E-state index in [-0.39, 0.29) is 6.61 Å². The van der Waals surface area contributed by atoms with Gasteiger partial charge in [-0.25, -0.2) is 19.4 Å². The molecule has 0 aromatic carbocycles. The summed E-state index contributed by atoms with van der Waals surface area (Å²) in [5.41, 5.74) is -1.32. The molecule has 0 unspecified atom stereocenters. The number of rotatable bonds is 5. The summed E-state index contributed by atoms with van der Waals surface area (Å²) in [6.07, 6.45) is 0.335. The zero-order chi connectivity index (χ0) is 13.7. The van der Waals surface area contributed by atoms with E-state index < -0.39 is 23.1 Å². The molecule has 0 saturated carbocycles. The molecule has 17 heavy (non-hydrogen) atoms. The van der Waals surface area contributed by atoms with Gasteiger partial charge in [0.1, 0.15) is 5.60 Å². The average Bonchev–Trinajstić information content (AvgIpc) is 2.10. The molecule has 0 rings (SSSR count). The Bertz CT molecular complexity index is 276. The van der Waals surface area contributed by atoms with Crippen LogP contribution in [0.25, 0.3) is 0 Å². The molecule has 0 aromatic rings. The average molecular weight is 248 g/mol. The Morgan fingerprint density at radius 3 is 2.06 bits per heavy atom. The van der Waals surface area contributed by atoms with Gasteiger partial charge in [-0.1, -0.05) is 0 Å². The van der Waals surface area contributed by atoms with Crippen LogP contribution in [0.2, 0.25) is 0 Å². The number of hydrogen-bond donors (Lipinski definition) is 1. The first kappa shape index (κ1) is 15.9. The quantitative estimate of drug-likeness (QED) is 0.261. The van der Waals surface area contributed by atoms with Gasteiger partial charge in [-0.3, -0.25) is 0 Å². The van der Waals surface area contributed by atoms with Gasteiger partial charge in [0, 0.05) is 6.42 Å². The van der Waals surface area contributed by atoms with Gasteiger partial charge in [0.2, 0.25) is 0 Å². The van der Waals surface area contributed by atoms with Gasteiger partial charge in [-0.05, 0) is 34.6 Å². The Kier molecular flexibility index (Phi) is 5.57. The largest absolute Gasteiger partial charge is 0.473 e. The van der Waals surface area contributed by atoms with E-state index in [4.69, 9.17) is 19.6 Å². The summed E-state index contributed by atoms with van der Waals surface area (Å²) in [6.45, 7) is 8.92. The molecular weight excluding hydrogens is 228 g/mol. The minimum absolute atomic E-state index is 0.206. The maximum absolute atomic E-state index is 10.9. The summed E-state index contributed by atoms with van der Waals surface area (Å²) in [4.78, 5) is 31.1. The van der Waals surface area contributed by atoms with Gasteiger partial charge in [0.25, 0.3) is 0 Å². The van der Waals surface area contributed by atoms with Crippen molar-refractivity contribution in [3.05, 3.63) is 0 Å². The lowest BCUT2D eigenvalue weighted by Crippen LogP contribution is -2.33.